The summed E-state index contributed by atoms with van der Waals surface area (Å²) in [5.74, 6) is -1.05. The van der Waals surface area contributed by atoms with Gasteiger partial charge in [-0.3, -0.25) is 0 Å². The Hall–Kier alpha value is -0.500. The van der Waals surface area contributed by atoms with Crippen molar-refractivity contribution in [3.05, 3.63) is 29.8 Å². The van der Waals surface area contributed by atoms with Crippen molar-refractivity contribution in [1.29, 1.82) is 0 Å². The van der Waals surface area contributed by atoms with Crippen LogP contribution in [0, 0.1) is 0 Å². The number of hydrogen-bond donors (Lipinski definition) is 1. The zero-order valence-electron chi connectivity index (χ0n) is 11.3. The minimum absolute atomic E-state index is 0. The second-order valence-corrected chi connectivity index (χ2v) is 4.61. The second-order valence-electron chi connectivity index (χ2n) is 4.61. The third kappa shape index (κ3) is 5.32. The normalized spacial score (nSPS) is 18.4. The topological polar surface area (TPSA) is 49.8 Å². The molecule has 8 heteroatoms. The first-order valence-electron chi connectivity index (χ1n) is 6.12. The zero-order valence-corrected chi connectivity index (χ0v) is 13.5. The third-order valence-electron chi connectivity index (χ3n) is 3.13. The summed E-state index contributed by atoms with van der Waals surface area (Å²) in [6.07, 6.45) is -4.03. The van der Waals surface area contributed by atoms with Crippen LogP contribution in [0.1, 0.15) is 12.0 Å². The van der Waals surface area contributed by atoms with Gasteiger partial charge in [-0.1, -0.05) is 6.07 Å². The van der Waals surface area contributed by atoms with Crippen molar-refractivity contribution in [3.63, 3.8) is 0 Å². The van der Waals surface area contributed by atoms with Gasteiger partial charge in [0, 0.05) is 56.5 Å². The molecule has 1 atom stereocenters. The van der Waals surface area contributed by atoms with E-state index < -0.39 is 17.7 Å². The number of carbonyl (C=O) groups is 1. The van der Waals surface area contributed by atoms with Gasteiger partial charge in [-0.25, -0.2) is 4.79 Å². The van der Waals surface area contributed by atoms with Gasteiger partial charge < -0.3 is 14.7 Å². The summed E-state index contributed by atoms with van der Waals surface area (Å²) >= 11 is 0. The van der Waals surface area contributed by atoms with Gasteiger partial charge in [0.15, 0.2) is 0 Å². The first-order valence-corrected chi connectivity index (χ1v) is 6.12. The number of benzene rings is 1. The molecule has 2 radical (unpaired) electrons. The van der Waals surface area contributed by atoms with Crippen LogP contribution in [-0.2, 0) is 15.7 Å². The molecule has 0 aliphatic carbocycles. The van der Waals surface area contributed by atoms with E-state index in [2.05, 4.69) is 0 Å². The van der Waals surface area contributed by atoms with Crippen LogP contribution in [-0.4, -0.2) is 74.6 Å². The van der Waals surface area contributed by atoms with Crippen LogP contribution in [0.3, 0.4) is 0 Å². The fraction of sp³-hybridized carbons (Fsp3) is 0.462. The maximum absolute atomic E-state index is 12.6. The van der Waals surface area contributed by atoms with E-state index in [0.717, 1.165) is 12.1 Å². The number of carboxylic acids is 1. The van der Waals surface area contributed by atoms with Crippen molar-refractivity contribution in [2.24, 2.45) is 0 Å². The van der Waals surface area contributed by atoms with Crippen molar-refractivity contribution in [1.82, 2.24) is 0 Å². The second kappa shape index (κ2) is 7.67. The van der Waals surface area contributed by atoms with Crippen molar-refractivity contribution in [2.75, 3.05) is 24.6 Å². The summed E-state index contributed by atoms with van der Waals surface area (Å²) in [6.45, 7) is 0.557. The van der Waals surface area contributed by atoms with Gasteiger partial charge in [-0.05, 0) is 24.6 Å². The van der Waals surface area contributed by atoms with E-state index in [1.54, 1.807) is 11.0 Å². The maximum atomic E-state index is 12.6. The Morgan fingerprint density at radius 2 is 2.14 bits per heavy atom. The quantitative estimate of drug-likeness (QED) is 0.859. The van der Waals surface area contributed by atoms with Gasteiger partial charge in [-0.15, -0.1) is 0 Å². The number of alkyl halides is 3. The van der Waals surface area contributed by atoms with E-state index in [-0.39, 0.29) is 50.4 Å². The molecular formula is C13H14CaF3NO3. The van der Waals surface area contributed by atoms with Gasteiger partial charge in [-0.2, -0.15) is 13.2 Å². The summed E-state index contributed by atoms with van der Waals surface area (Å²) in [6, 6.07) is 5.09. The average Bonchev–Trinajstić information content (AvgIpc) is 2.84. The SMILES string of the molecule is O=C(O)COC1CCN(c2cccc(C(F)(F)F)c2)C1.[Ca]. The fourth-order valence-electron chi connectivity index (χ4n) is 2.17. The molecule has 1 heterocycles. The monoisotopic (exact) mass is 329 g/mol. The number of ether oxygens (including phenoxy) is 1. The van der Waals surface area contributed by atoms with Crippen molar-refractivity contribution in [2.45, 2.75) is 18.7 Å². The van der Waals surface area contributed by atoms with E-state index in [0.29, 0.717) is 25.2 Å². The summed E-state index contributed by atoms with van der Waals surface area (Å²) in [7, 11) is 0. The Kier molecular flexibility index (Phi) is 6.77. The van der Waals surface area contributed by atoms with Crippen LogP contribution in [0.2, 0.25) is 0 Å². The molecule has 1 aliphatic rings. The molecular weight excluding hydrogens is 315 g/mol. The minimum Gasteiger partial charge on any atom is -0.480 e. The van der Waals surface area contributed by atoms with Crippen LogP contribution in [0.25, 0.3) is 0 Å². The van der Waals surface area contributed by atoms with E-state index >= 15 is 0 Å². The summed E-state index contributed by atoms with van der Waals surface area (Å²) in [4.78, 5) is 12.2. The number of rotatable bonds is 4. The van der Waals surface area contributed by atoms with Crippen molar-refractivity contribution >= 4 is 49.4 Å². The molecule has 1 aromatic carbocycles. The van der Waals surface area contributed by atoms with Crippen LogP contribution in [0.5, 0.6) is 0 Å². The van der Waals surface area contributed by atoms with Crippen molar-refractivity contribution in [3.8, 4) is 0 Å². The Balaban J connectivity index is 0.00000220. The standard InChI is InChI=1S/C13H14F3NO3.Ca/c14-13(15,16)9-2-1-3-10(6-9)17-5-4-11(7-17)20-8-12(18)19;/h1-3,6,11H,4-5,7-8H2,(H,18,19);. The Morgan fingerprint density at radius 1 is 1.43 bits per heavy atom. The molecule has 0 bridgehead atoms. The first-order chi connectivity index (χ1) is 9.36. The molecule has 2 rings (SSSR count). The van der Waals surface area contributed by atoms with Gasteiger partial charge >= 0.3 is 12.1 Å². The zero-order chi connectivity index (χ0) is 14.8. The van der Waals surface area contributed by atoms with Gasteiger partial charge in [0.2, 0.25) is 0 Å². The molecule has 0 amide bonds. The van der Waals surface area contributed by atoms with E-state index in [9.17, 15) is 18.0 Å². The molecule has 1 unspecified atom stereocenters. The molecule has 0 saturated carbocycles. The maximum Gasteiger partial charge on any atom is 0.416 e. The van der Waals surface area contributed by atoms with E-state index in [1.807, 2.05) is 0 Å². The number of halogens is 3. The van der Waals surface area contributed by atoms with Crippen LogP contribution >= 0.6 is 0 Å². The Morgan fingerprint density at radius 3 is 2.76 bits per heavy atom. The average molecular weight is 329 g/mol. The number of hydrogen-bond acceptors (Lipinski definition) is 3. The molecule has 21 heavy (non-hydrogen) atoms. The predicted molar refractivity (Wildman–Crippen MR) is 71.4 cm³/mol. The summed E-state index contributed by atoms with van der Waals surface area (Å²) < 4.78 is 43.0. The summed E-state index contributed by atoms with van der Waals surface area (Å²) in [5.41, 5.74) is -0.217. The third-order valence-corrected chi connectivity index (χ3v) is 3.13. The fourth-order valence-corrected chi connectivity index (χ4v) is 2.17. The van der Waals surface area contributed by atoms with E-state index in [1.165, 1.54) is 6.07 Å². The number of carboxylic acid groups (broad SMARTS) is 1. The van der Waals surface area contributed by atoms with Crippen LogP contribution < -0.4 is 4.90 Å². The molecule has 1 N–H and O–H groups in total. The minimum atomic E-state index is -4.37. The Labute approximate surface area is 149 Å². The van der Waals surface area contributed by atoms with Crippen molar-refractivity contribution < 1.29 is 27.8 Å². The Bertz CT molecular complexity index is 496. The molecule has 0 spiro atoms. The number of aliphatic carboxylic acids is 1. The number of anilines is 1. The molecule has 4 nitrogen and oxygen atoms in total. The molecule has 1 aromatic rings. The molecule has 1 aliphatic heterocycles. The van der Waals surface area contributed by atoms with Gasteiger partial charge in [0.05, 0.1) is 11.7 Å². The van der Waals surface area contributed by atoms with Gasteiger partial charge in [0.25, 0.3) is 0 Å². The predicted octanol–water partition coefficient (Wildman–Crippen LogP) is 2.00. The molecule has 1 fully saturated rings. The van der Waals surface area contributed by atoms with Crippen LogP contribution in [0.15, 0.2) is 24.3 Å². The molecule has 1 saturated heterocycles. The summed E-state index contributed by atoms with van der Waals surface area (Å²) in [5, 5.41) is 8.52. The first kappa shape index (κ1) is 18.5. The molecule has 112 valence electrons. The smallest absolute Gasteiger partial charge is 0.416 e. The number of nitrogens with zero attached hydrogens (tertiary/aromatic N) is 1. The van der Waals surface area contributed by atoms with E-state index in [4.69, 9.17) is 9.84 Å². The van der Waals surface area contributed by atoms with Gasteiger partial charge in [0.1, 0.15) is 6.61 Å². The molecule has 0 aromatic heterocycles. The van der Waals surface area contributed by atoms with Crippen LogP contribution in [0.4, 0.5) is 18.9 Å². The largest absolute Gasteiger partial charge is 0.480 e.